The number of allylic oxidation sites excluding steroid dienone is 2. The molecule has 1 aliphatic rings. The van der Waals surface area contributed by atoms with Crippen LogP contribution >= 0.6 is 0 Å². The fourth-order valence-electron chi connectivity index (χ4n) is 2.06. The van der Waals surface area contributed by atoms with Gasteiger partial charge in [-0.05, 0) is 24.4 Å². The topological polar surface area (TPSA) is 96.6 Å². The van der Waals surface area contributed by atoms with Crippen molar-refractivity contribution in [1.82, 2.24) is 20.9 Å². The van der Waals surface area contributed by atoms with Gasteiger partial charge in [-0.1, -0.05) is 18.2 Å². The Bertz CT molecular complexity index is 595. The SMILES string of the molecule is N#CC(NCc1ccccn1)C(C#N)NCC1C=CC=CN1. The Morgan fingerprint density at radius 1 is 1.18 bits per heavy atom. The van der Waals surface area contributed by atoms with Crippen LogP contribution in [0, 0.1) is 22.7 Å². The minimum atomic E-state index is -0.602. The maximum absolute atomic E-state index is 9.28. The number of rotatable bonds is 7. The Morgan fingerprint density at radius 2 is 2.00 bits per heavy atom. The third kappa shape index (κ3) is 4.71. The van der Waals surface area contributed by atoms with Crippen molar-refractivity contribution in [1.29, 1.82) is 10.5 Å². The standard InChI is InChI=1S/C16H18N6/c17-9-15(21-11-13-5-1-3-7-19-13)16(10-18)22-12-14-6-2-4-8-20-14/h1-8,13,15-16,19,21-22H,11-12H2. The van der Waals surface area contributed by atoms with E-state index < -0.39 is 12.1 Å². The molecule has 0 radical (unpaired) electrons. The van der Waals surface area contributed by atoms with Crippen molar-refractivity contribution in [3.63, 3.8) is 0 Å². The molecule has 0 bridgehead atoms. The summed E-state index contributed by atoms with van der Waals surface area (Å²) >= 11 is 0. The van der Waals surface area contributed by atoms with Gasteiger partial charge in [-0.3, -0.25) is 15.6 Å². The molecular formula is C16H18N6. The predicted octanol–water partition coefficient (Wildman–Crippen LogP) is 0.587. The number of hydrogen-bond acceptors (Lipinski definition) is 6. The molecule has 1 aliphatic heterocycles. The Labute approximate surface area is 130 Å². The third-order valence-electron chi connectivity index (χ3n) is 3.26. The fraction of sp³-hybridized carbons (Fsp3) is 0.312. The molecule has 6 heteroatoms. The van der Waals surface area contributed by atoms with Crippen LogP contribution in [-0.4, -0.2) is 29.7 Å². The number of nitriles is 2. The summed E-state index contributed by atoms with van der Waals surface area (Å²) in [6, 6.07) is 8.81. The average Bonchev–Trinajstić information content (AvgIpc) is 2.59. The summed E-state index contributed by atoms with van der Waals surface area (Å²) in [5.41, 5.74) is 0.835. The zero-order valence-electron chi connectivity index (χ0n) is 12.1. The summed E-state index contributed by atoms with van der Waals surface area (Å²) in [5, 5.41) is 27.9. The van der Waals surface area contributed by atoms with Gasteiger partial charge in [0.05, 0.1) is 23.9 Å². The Morgan fingerprint density at radius 3 is 2.64 bits per heavy atom. The van der Waals surface area contributed by atoms with E-state index in [1.165, 1.54) is 0 Å². The van der Waals surface area contributed by atoms with Gasteiger partial charge in [0.25, 0.3) is 0 Å². The molecule has 3 unspecified atom stereocenters. The van der Waals surface area contributed by atoms with Crippen LogP contribution in [0.1, 0.15) is 5.69 Å². The Kier molecular flexibility index (Phi) is 6.13. The fourth-order valence-corrected chi connectivity index (χ4v) is 2.06. The highest BCUT2D eigenvalue weighted by Crippen LogP contribution is 1.99. The van der Waals surface area contributed by atoms with Gasteiger partial charge in [-0.25, -0.2) is 0 Å². The Balaban J connectivity index is 1.84. The summed E-state index contributed by atoms with van der Waals surface area (Å²) in [6.45, 7) is 1.02. The molecule has 0 aromatic carbocycles. The second-order valence-electron chi connectivity index (χ2n) is 4.84. The zero-order chi connectivity index (χ0) is 15.6. The quantitative estimate of drug-likeness (QED) is 0.681. The molecule has 1 aromatic heterocycles. The normalized spacial score (nSPS) is 18.7. The van der Waals surface area contributed by atoms with Gasteiger partial charge in [0.2, 0.25) is 0 Å². The number of nitrogens with zero attached hydrogens (tertiary/aromatic N) is 3. The van der Waals surface area contributed by atoms with Gasteiger partial charge in [0.1, 0.15) is 12.1 Å². The number of aromatic nitrogens is 1. The first-order valence-corrected chi connectivity index (χ1v) is 7.09. The van der Waals surface area contributed by atoms with Crippen molar-refractivity contribution in [2.75, 3.05) is 6.54 Å². The van der Waals surface area contributed by atoms with Gasteiger partial charge >= 0.3 is 0 Å². The van der Waals surface area contributed by atoms with Crippen molar-refractivity contribution >= 4 is 0 Å². The highest BCUT2D eigenvalue weighted by molar-refractivity contribution is 5.14. The molecule has 112 valence electrons. The van der Waals surface area contributed by atoms with Crippen LogP contribution in [0.2, 0.25) is 0 Å². The van der Waals surface area contributed by atoms with Gasteiger partial charge in [-0.15, -0.1) is 0 Å². The van der Waals surface area contributed by atoms with E-state index in [0.717, 1.165) is 5.69 Å². The average molecular weight is 294 g/mol. The molecule has 22 heavy (non-hydrogen) atoms. The first kappa shape index (κ1) is 15.7. The van der Waals surface area contributed by atoms with E-state index in [1.807, 2.05) is 42.6 Å². The van der Waals surface area contributed by atoms with Crippen LogP contribution in [0.15, 0.2) is 48.8 Å². The second-order valence-corrected chi connectivity index (χ2v) is 4.84. The molecule has 0 saturated heterocycles. The minimum Gasteiger partial charge on any atom is -0.383 e. The lowest BCUT2D eigenvalue weighted by molar-refractivity contribution is 0.463. The summed E-state index contributed by atoms with van der Waals surface area (Å²) in [5.74, 6) is 0. The first-order valence-electron chi connectivity index (χ1n) is 7.09. The maximum Gasteiger partial charge on any atom is 0.125 e. The molecule has 0 aliphatic carbocycles. The van der Waals surface area contributed by atoms with Gasteiger partial charge in [0.15, 0.2) is 0 Å². The lowest BCUT2D eigenvalue weighted by atomic mass is 10.1. The summed E-state index contributed by atoms with van der Waals surface area (Å²) in [7, 11) is 0. The van der Waals surface area contributed by atoms with Crippen molar-refractivity contribution in [2.45, 2.75) is 24.7 Å². The van der Waals surface area contributed by atoms with Crippen LogP contribution in [0.4, 0.5) is 0 Å². The molecule has 2 heterocycles. The second kappa shape index (κ2) is 8.58. The third-order valence-corrected chi connectivity index (χ3v) is 3.26. The first-order chi connectivity index (χ1) is 10.8. The predicted molar refractivity (Wildman–Crippen MR) is 83.1 cm³/mol. The maximum atomic E-state index is 9.28. The summed E-state index contributed by atoms with van der Waals surface area (Å²) in [6.07, 6.45) is 9.42. The molecule has 1 aromatic rings. The van der Waals surface area contributed by atoms with Gasteiger partial charge in [-0.2, -0.15) is 10.5 Å². The van der Waals surface area contributed by atoms with Crippen LogP contribution < -0.4 is 16.0 Å². The van der Waals surface area contributed by atoms with E-state index in [2.05, 4.69) is 33.1 Å². The number of dihydropyridines is 1. The van der Waals surface area contributed by atoms with Crippen molar-refractivity contribution in [3.8, 4) is 12.1 Å². The van der Waals surface area contributed by atoms with Crippen LogP contribution in [0.3, 0.4) is 0 Å². The van der Waals surface area contributed by atoms with Crippen LogP contribution in [-0.2, 0) is 6.54 Å². The largest absolute Gasteiger partial charge is 0.383 e. The highest BCUT2D eigenvalue weighted by atomic mass is 15.0. The molecule has 0 saturated carbocycles. The van der Waals surface area contributed by atoms with E-state index in [4.69, 9.17) is 0 Å². The molecule has 0 amide bonds. The Hall–Kier alpha value is -2.67. The van der Waals surface area contributed by atoms with Gasteiger partial charge in [0, 0.05) is 19.3 Å². The number of nitrogens with one attached hydrogen (secondary N) is 3. The summed E-state index contributed by atoms with van der Waals surface area (Å²) in [4.78, 5) is 4.19. The van der Waals surface area contributed by atoms with Crippen LogP contribution in [0.25, 0.3) is 0 Å². The smallest absolute Gasteiger partial charge is 0.125 e. The molecule has 3 atom stereocenters. The lowest BCUT2D eigenvalue weighted by Gasteiger charge is -2.22. The number of hydrogen-bond donors (Lipinski definition) is 3. The van der Waals surface area contributed by atoms with E-state index in [1.54, 1.807) is 6.20 Å². The summed E-state index contributed by atoms with van der Waals surface area (Å²) < 4.78 is 0. The van der Waals surface area contributed by atoms with Crippen molar-refractivity contribution in [3.05, 3.63) is 54.5 Å². The van der Waals surface area contributed by atoms with E-state index in [9.17, 15) is 10.5 Å². The molecule has 2 rings (SSSR count). The van der Waals surface area contributed by atoms with Crippen molar-refractivity contribution < 1.29 is 0 Å². The monoisotopic (exact) mass is 294 g/mol. The highest BCUT2D eigenvalue weighted by Gasteiger charge is 2.21. The van der Waals surface area contributed by atoms with E-state index in [-0.39, 0.29) is 6.04 Å². The molecular weight excluding hydrogens is 276 g/mol. The molecule has 0 fully saturated rings. The van der Waals surface area contributed by atoms with Crippen LogP contribution in [0.5, 0.6) is 0 Å². The van der Waals surface area contributed by atoms with E-state index in [0.29, 0.717) is 13.1 Å². The molecule has 0 spiro atoms. The minimum absolute atomic E-state index is 0.121. The number of pyridine rings is 1. The van der Waals surface area contributed by atoms with E-state index >= 15 is 0 Å². The molecule has 3 N–H and O–H groups in total. The molecule has 6 nitrogen and oxygen atoms in total. The van der Waals surface area contributed by atoms with Crippen molar-refractivity contribution in [2.24, 2.45) is 0 Å². The van der Waals surface area contributed by atoms with Gasteiger partial charge < -0.3 is 5.32 Å². The zero-order valence-corrected chi connectivity index (χ0v) is 12.1. The lowest BCUT2D eigenvalue weighted by Crippen LogP contribution is -2.49.